The molecule has 0 aliphatic heterocycles. The highest BCUT2D eigenvalue weighted by molar-refractivity contribution is 7.17. The standard InChI is InChI=1S/C17H16N2O4S/c1-3-13(16(20)18-15-8-10(2)23-19-15)22-17(21)12-9-24-14-7-5-4-6-11(12)14/h4-9,13H,3H2,1-2H3,(H,18,19,20)/t13-/m1/s1. The van der Waals surface area contributed by atoms with Crippen molar-refractivity contribution in [2.24, 2.45) is 0 Å². The quantitative estimate of drug-likeness (QED) is 0.713. The number of hydrogen-bond donors (Lipinski definition) is 1. The summed E-state index contributed by atoms with van der Waals surface area (Å²) >= 11 is 1.47. The molecule has 24 heavy (non-hydrogen) atoms. The van der Waals surface area contributed by atoms with E-state index < -0.39 is 18.0 Å². The molecule has 0 aliphatic carbocycles. The molecule has 124 valence electrons. The minimum Gasteiger partial charge on any atom is -0.449 e. The van der Waals surface area contributed by atoms with Gasteiger partial charge >= 0.3 is 5.97 Å². The number of carbonyl (C=O) groups is 2. The third kappa shape index (κ3) is 3.30. The maximum Gasteiger partial charge on any atom is 0.340 e. The molecule has 0 unspecified atom stereocenters. The Morgan fingerprint density at radius 2 is 2.17 bits per heavy atom. The monoisotopic (exact) mass is 344 g/mol. The Morgan fingerprint density at radius 3 is 2.88 bits per heavy atom. The van der Waals surface area contributed by atoms with Crippen molar-refractivity contribution >= 4 is 39.1 Å². The molecular weight excluding hydrogens is 328 g/mol. The first kappa shape index (κ1) is 16.2. The maximum absolute atomic E-state index is 12.4. The largest absolute Gasteiger partial charge is 0.449 e. The van der Waals surface area contributed by atoms with Crippen LogP contribution in [0, 0.1) is 6.92 Å². The van der Waals surface area contributed by atoms with E-state index in [1.54, 1.807) is 25.3 Å². The molecule has 3 aromatic rings. The summed E-state index contributed by atoms with van der Waals surface area (Å²) in [6.45, 7) is 3.50. The third-order valence-electron chi connectivity index (χ3n) is 3.49. The van der Waals surface area contributed by atoms with E-state index in [-0.39, 0.29) is 0 Å². The molecule has 6 nitrogen and oxygen atoms in total. The normalized spacial score (nSPS) is 12.1. The number of ether oxygens (including phenoxy) is 1. The molecule has 0 saturated heterocycles. The van der Waals surface area contributed by atoms with Crippen LogP contribution < -0.4 is 5.32 Å². The third-order valence-corrected chi connectivity index (χ3v) is 4.46. The van der Waals surface area contributed by atoms with Crippen molar-refractivity contribution in [2.45, 2.75) is 26.4 Å². The molecule has 0 fully saturated rings. The lowest BCUT2D eigenvalue weighted by Crippen LogP contribution is -2.32. The topological polar surface area (TPSA) is 81.4 Å². The van der Waals surface area contributed by atoms with Crippen molar-refractivity contribution in [3.8, 4) is 0 Å². The smallest absolute Gasteiger partial charge is 0.340 e. The molecule has 1 N–H and O–H groups in total. The minimum atomic E-state index is -0.895. The number of nitrogens with zero attached hydrogens (tertiary/aromatic N) is 1. The lowest BCUT2D eigenvalue weighted by molar-refractivity contribution is -0.124. The first-order chi connectivity index (χ1) is 11.6. The van der Waals surface area contributed by atoms with Crippen molar-refractivity contribution in [1.29, 1.82) is 0 Å². The number of hydrogen-bond acceptors (Lipinski definition) is 6. The fourth-order valence-corrected chi connectivity index (χ4v) is 3.21. The van der Waals surface area contributed by atoms with Gasteiger partial charge in [-0.1, -0.05) is 30.3 Å². The van der Waals surface area contributed by atoms with Gasteiger partial charge in [0.15, 0.2) is 11.9 Å². The van der Waals surface area contributed by atoms with Crippen molar-refractivity contribution < 1.29 is 18.8 Å². The van der Waals surface area contributed by atoms with Gasteiger partial charge < -0.3 is 14.6 Å². The summed E-state index contributed by atoms with van der Waals surface area (Å²) in [5.41, 5.74) is 0.471. The molecule has 1 aromatic carbocycles. The highest BCUT2D eigenvalue weighted by atomic mass is 32.1. The fourth-order valence-electron chi connectivity index (χ4n) is 2.28. The predicted molar refractivity (Wildman–Crippen MR) is 91.2 cm³/mol. The van der Waals surface area contributed by atoms with Gasteiger partial charge in [0.2, 0.25) is 0 Å². The summed E-state index contributed by atoms with van der Waals surface area (Å²) in [7, 11) is 0. The molecule has 0 aliphatic rings. The molecule has 7 heteroatoms. The Morgan fingerprint density at radius 1 is 1.38 bits per heavy atom. The summed E-state index contributed by atoms with van der Waals surface area (Å²) in [6.07, 6.45) is -0.538. The van der Waals surface area contributed by atoms with Crippen LogP contribution in [0.4, 0.5) is 5.82 Å². The number of rotatable bonds is 5. The summed E-state index contributed by atoms with van der Waals surface area (Å²) in [6, 6.07) is 9.17. The van der Waals surface area contributed by atoms with Crippen molar-refractivity contribution in [1.82, 2.24) is 5.16 Å². The van der Waals surface area contributed by atoms with E-state index in [4.69, 9.17) is 9.26 Å². The fraction of sp³-hybridized carbons (Fsp3) is 0.235. The second-order valence-corrected chi connectivity index (χ2v) is 6.17. The van der Waals surface area contributed by atoms with Crippen molar-refractivity contribution in [2.75, 3.05) is 5.32 Å². The average molecular weight is 344 g/mol. The van der Waals surface area contributed by atoms with Crippen molar-refractivity contribution in [3.63, 3.8) is 0 Å². The number of carbonyl (C=O) groups excluding carboxylic acids is 2. The van der Waals surface area contributed by atoms with Crippen LogP contribution in [0.3, 0.4) is 0 Å². The highest BCUT2D eigenvalue weighted by Crippen LogP contribution is 2.26. The maximum atomic E-state index is 12.4. The number of benzene rings is 1. The zero-order chi connectivity index (χ0) is 17.1. The SMILES string of the molecule is CC[C@@H](OC(=O)c1csc2ccccc12)C(=O)Nc1cc(C)on1. The molecule has 1 atom stereocenters. The van der Waals surface area contributed by atoms with Gasteiger partial charge in [0.25, 0.3) is 5.91 Å². The van der Waals surface area contributed by atoms with E-state index in [1.807, 2.05) is 24.3 Å². The lowest BCUT2D eigenvalue weighted by Gasteiger charge is -2.14. The number of aromatic nitrogens is 1. The van der Waals surface area contributed by atoms with Crippen LogP contribution in [-0.2, 0) is 9.53 Å². The number of aryl methyl sites for hydroxylation is 1. The Kier molecular flexibility index (Phi) is 4.61. The van der Waals surface area contributed by atoms with Crippen LogP contribution in [0.15, 0.2) is 40.2 Å². The molecule has 1 amide bonds. The zero-order valence-corrected chi connectivity index (χ0v) is 14.1. The summed E-state index contributed by atoms with van der Waals surface area (Å²) in [5.74, 6) is -0.0578. The molecule has 0 radical (unpaired) electrons. The van der Waals surface area contributed by atoms with Gasteiger partial charge in [-0.25, -0.2) is 4.79 Å². The molecule has 3 rings (SSSR count). The van der Waals surface area contributed by atoms with Gasteiger partial charge in [0.1, 0.15) is 5.76 Å². The second kappa shape index (κ2) is 6.84. The number of thiophene rings is 1. The second-order valence-electron chi connectivity index (χ2n) is 5.26. The van der Waals surface area contributed by atoms with Crippen molar-refractivity contribution in [3.05, 3.63) is 47.0 Å². The van der Waals surface area contributed by atoms with Gasteiger partial charge in [-0.05, 0) is 19.4 Å². The van der Waals surface area contributed by atoms with E-state index in [0.29, 0.717) is 23.6 Å². The summed E-state index contributed by atoms with van der Waals surface area (Å²) in [4.78, 5) is 24.7. The van der Waals surface area contributed by atoms with Crippen LogP contribution in [0.1, 0.15) is 29.5 Å². The van der Waals surface area contributed by atoms with Crippen LogP contribution in [0.5, 0.6) is 0 Å². The molecular formula is C17H16N2O4S. The van der Waals surface area contributed by atoms with Crippen LogP contribution in [0.2, 0.25) is 0 Å². The number of fused-ring (bicyclic) bond motifs is 1. The molecule has 2 aromatic heterocycles. The van der Waals surface area contributed by atoms with Gasteiger partial charge in [-0.2, -0.15) is 0 Å². The number of amides is 1. The van der Waals surface area contributed by atoms with E-state index in [9.17, 15) is 9.59 Å². The first-order valence-corrected chi connectivity index (χ1v) is 8.38. The Balaban J connectivity index is 1.72. The van der Waals surface area contributed by atoms with Crippen LogP contribution in [-0.4, -0.2) is 23.1 Å². The summed E-state index contributed by atoms with van der Waals surface area (Å²) in [5, 5.41) is 8.86. The molecule has 2 heterocycles. The average Bonchev–Trinajstić information content (AvgIpc) is 3.18. The van der Waals surface area contributed by atoms with E-state index >= 15 is 0 Å². The van der Waals surface area contributed by atoms with Gasteiger partial charge in [0.05, 0.1) is 5.56 Å². The highest BCUT2D eigenvalue weighted by Gasteiger charge is 2.24. The minimum absolute atomic E-state index is 0.299. The van der Waals surface area contributed by atoms with Gasteiger partial charge in [-0.15, -0.1) is 11.3 Å². The summed E-state index contributed by atoms with van der Waals surface area (Å²) < 4.78 is 11.3. The van der Waals surface area contributed by atoms with E-state index in [1.165, 1.54) is 11.3 Å². The lowest BCUT2D eigenvalue weighted by atomic mass is 10.2. The molecule has 0 saturated carbocycles. The van der Waals surface area contributed by atoms with Crippen LogP contribution >= 0.6 is 11.3 Å². The number of anilines is 1. The molecule has 0 bridgehead atoms. The number of esters is 1. The number of nitrogens with one attached hydrogen (secondary N) is 1. The predicted octanol–water partition coefficient (Wildman–Crippen LogP) is 3.77. The zero-order valence-electron chi connectivity index (χ0n) is 13.2. The Bertz CT molecular complexity index is 883. The Labute approximate surface area is 142 Å². The first-order valence-electron chi connectivity index (χ1n) is 7.50. The van der Waals surface area contributed by atoms with E-state index in [0.717, 1.165) is 10.1 Å². The Hall–Kier alpha value is -2.67. The van der Waals surface area contributed by atoms with E-state index in [2.05, 4.69) is 10.5 Å². The molecule has 0 spiro atoms. The van der Waals surface area contributed by atoms with Gasteiger partial charge in [-0.3, -0.25) is 4.79 Å². The van der Waals surface area contributed by atoms with Gasteiger partial charge in [0, 0.05) is 21.5 Å². The van der Waals surface area contributed by atoms with Crippen LogP contribution in [0.25, 0.3) is 10.1 Å².